The molecule has 0 aromatic rings. The van der Waals surface area contributed by atoms with Crippen LogP contribution in [-0.2, 0) is 0 Å². The highest BCUT2D eigenvalue weighted by Crippen LogP contribution is 2.48. The van der Waals surface area contributed by atoms with Crippen molar-refractivity contribution in [2.24, 2.45) is 70.5 Å². The predicted octanol–water partition coefficient (Wildman–Crippen LogP) is 13.5. The first-order valence-electron chi connectivity index (χ1n) is 18.1. The van der Waals surface area contributed by atoms with E-state index < -0.39 is 0 Å². The van der Waals surface area contributed by atoms with Crippen LogP contribution in [0.25, 0.3) is 0 Å². The lowest BCUT2D eigenvalue weighted by atomic mass is 9.61. The minimum atomic E-state index is 0.676. The summed E-state index contributed by atoms with van der Waals surface area (Å²) in [6.45, 7) is 30.4. The van der Waals surface area contributed by atoms with Gasteiger partial charge in [-0.05, 0) is 103 Å². The second-order valence-electron chi connectivity index (χ2n) is 17.2. The molecule has 0 aromatic carbocycles. The van der Waals surface area contributed by atoms with Crippen molar-refractivity contribution in [2.75, 3.05) is 0 Å². The Labute approximate surface area is 250 Å². The standard InChI is InChI=1S/2C9H18.C8H16.C7H14.C6H12/c1-7(2)8-5-9(3,4)6-8;1-8(2)9-6-4-3-5-7-9;1-7(2)8-5-3-4-6-8;1-5(2)7-4-6(7)3;1-5(2)6-3-4-6/h7-8H,5-6H2,1-4H3;8-9H,3-7H2,1-2H3;7-8H,3-6H2,1-2H3;5-7H,4H2,1-3H3;5-6H,3-4H2,1-2H3. The van der Waals surface area contributed by atoms with Crippen molar-refractivity contribution in [3.63, 3.8) is 0 Å². The topological polar surface area (TPSA) is 0 Å². The quantitative estimate of drug-likeness (QED) is 0.321. The molecule has 0 saturated heterocycles. The largest absolute Gasteiger partial charge is 0.0625 e. The van der Waals surface area contributed by atoms with Crippen LogP contribution in [0.15, 0.2) is 0 Å². The molecule has 5 aliphatic carbocycles. The summed E-state index contributed by atoms with van der Waals surface area (Å²) in [4.78, 5) is 0. The van der Waals surface area contributed by atoms with Crippen molar-refractivity contribution >= 4 is 0 Å². The highest BCUT2D eigenvalue weighted by atomic mass is 14.4. The van der Waals surface area contributed by atoms with Crippen molar-refractivity contribution in [3.05, 3.63) is 0 Å². The molecule has 0 N–H and O–H groups in total. The van der Waals surface area contributed by atoms with Crippen molar-refractivity contribution in [1.82, 2.24) is 0 Å². The fourth-order valence-electron chi connectivity index (χ4n) is 7.30. The molecule has 0 heteroatoms. The highest BCUT2D eigenvalue weighted by Gasteiger charge is 2.37. The number of hydrogen-bond donors (Lipinski definition) is 0. The van der Waals surface area contributed by atoms with Gasteiger partial charge in [-0.25, -0.2) is 0 Å². The molecule has 0 spiro atoms. The Morgan fingerprint density at radius 2 is 0.744 bits per heavy atom. The first-order chi connectivity index (χ1) is 18.1. The van der Waals surface area contributed by atoms with E-state index in [0.717, 1.165) is 65.1 Å². The Bertz CT molecular complexity index is 569. The molecule has 0 amide bonds. The average molecular weight is 547 g/mol. The van der Waals surface area contributed by atoms with Crippen molar-refractivity contribution in [1.29, 1.82) is 0 Å². The fraction of sp³-hybridized carbons (Fsp3) is 1.00. The van der Waals surface area contributed by atoms with Crippen molar-refractivity contribution in [3.8, 4) is 0 Å². The fourth-order valence-corrected chi connectivity index (χ4v) is 7.30. The normalized spacial score (nSPS) is 26.6. The summed E-state index contributed by atoms with van der Waals surface area (Å²) in [7, 11) is 0. The van der Waals surface area contributed by atoms with E-state index >= 15 is 0 Å². The van der Waals surface area contributed by atoms with E-state index in [4.69, 9.17) is 0 Å². The Kier molecular flexibility index (Phi) is 17.6. The molecular weight excluding hydrogens is 468 g/mol. The van der Waals surface area contributed by atoms with E-state index in [1.807, 2.05) is 0 Å². The van der Waals surface area contributed by atoms with Gasteiger partial charge in [-0.3, -0.25) is 0 Å². The summed E-state index contributed by atoms with van der Waals surface area (Å²) >= 11 is 0. The van der Waals surface area contributed by atoms with Crippen LogP contribution < -0.4 is 0 Å². The van der Waals surface area contributed by atoms with E-state index in [9.17, 15) is 0 Å². The van der Waals surface area contributed by atoms with Crippen LogP contribution in [0.3, 0.4) is 0 Å². The zero-order valence-electron chi connectivity index (χ0n) is 29.8. The molecule has 5 aliphatic rings. The van der Waals surface area contributed by atoms with Crippen LogP contribution in [0, 0.1) is 70.5 Å². The van der Waals surface area contributed by atoms with Gasteiger partial charge in [0.25, 0.3) is 0 Å². The molecule has 5 saturated carbocycles. The maximum absolute atomic E-state index is 2.37. The first-order valence-corrected chi connectivity index (χ1v) is 18.1. The third kappa shape index (κ3) is 16.9. The second kappa shape index (κ2) is 18.5. The van der Waals surface area contributed by atoms with Crippen LogP contribution in [-0.4, -0.2) is 0 Å². The molecule has 0 heterocycles. The maximum atomic E-state index is 2.37. The Balaban J connectivity index is 0.000000245. The number of hydrogen-bond acceptors (Lipinski definition) is 0. The molecule has 5 fully saturated rings. The first kappa shape index (κ1) is 37.0. The lowest BCUT2D eigenvalue weighted by Crippen LogP contribution is -2.34. The second-order valence-corrected chi connectivity index (χ2v) is 17.2. The van der Waals surface area contributed by atoms with Gasteiger partial charge in [0.1, 0.15) is 0 Å². The van der Waals surface area contributed by atoms with Crippen LogP contribution in [0.2, 0.25) is 0 Å². The van der Waals surface area contributed by atoms with E-state index in [-0.39, 0.29) is 0 Å². The SMILES string of the molecule is CC(C)C1CC(C)(C)C1.CC(C)C1CC1.CC(C)C1CC1C.CC(C)C1CCCC1.CC(C)C1CCCCC1. The highest BCUT2D eigenvalue weighted by molar-refractivity contribution is 4.87. The van der Waals surface area contributed by atoms with Gasteiger partial charge in [0.2, 0.25) is 0 Å². The Morgan fingerprint density at radius 3 is 0.872 bits per heavy atom. The number of rotatable bonds is 5. The molecule has 0 aromatic heterocycles. The molecule has 2 unspecified atom stereocenters. The predicted molar refractivity (Wildman–Crippen MR) is 179 cm³/mol. The molecule has 0 bridgehead atoms. The minimum absolute atomic E-state index is 0.676. The molecule has 0 radical (unpaired) electrons. The summed E-state index contributed by atoms with van der Waals surface area (Å²) in [5.41, 5.74) is 0.676. The Hall–Kier alpha value is 0. The molecular formula is C39H78. The van der Waals surface area contributed by atoms with Crippen molar-refractivity contribution < 1.29 is 0 Å². The van der Waals surface area contributed by atoms with Crippen LogP contribution in [0.5, 0.6) is 0 Å². The van der Waals surface area contributed by atoms with Gasteiger partial charge >= 0.3 is 0 Å². The summed E-state index contributed by atoms with van der Waals surface area (Å²) in [5, 5.41) is 0. The molecule has 234 valence electrons. The zero-order chi connectivity index (χ0) is 29.8. The van der Waals surface area contributed by atoms with E-state index in [1.165, 1.54) is 89.9 Å². The van der Waals surface area contributed by atoms with Gasteiger partial charge in [0.15, 0.2) is 0 Å². The molecule has 0 nitrogen and oxygen atoms in total. The molecule has 39 heavy (non-hydrogen) atoms. The lowest BCUT2D eigenvalue weighted by Gasteiger charge is -2.45. The minimum Gasteiger partial charge on any atom is -0.0625 e. The summed E-state index contributed by atoms with van der Waals surface area (Å²) in [6.07, 6.45) is 20.8. The monoisotopic (exact) mass is 547 g/mol. The molecule has 2 atom stereocenters. The van der Waals surface area contributed by atoms with Gasteiger partial charge in [-0.15, -0.1) is 0 Å². The molecule has 5 rings (SSSR count). The van der Waals surface area contributed by atoms with Crippen LogP contribution in [0.4, 0.5) is 0 Å². The van der Waals surface area contributed by atoms with Crippen LogP contribution >= 0.6 is 0 Å². The maximum Gasteiger partial charge on any atom is -0.0349 e. The lowest BCUT2D eigenvalue weighted by molar-refractivity contribution is 0.0615. The van der Waals surface area contributed by atoms with Crippen molar-refractivity contribution in [2.45, 2.75) is 180 Å². The van der Waals surface area contributed by atoms with E-state index in [0.29, 0.717) is 5.41 Å². The average Bonchev–Trinajstić information content (AvgIpc) is 3.77. The molecule has 0 aliphatic heterocycles. The van der Waals surface area contributed by atoms with Gasteiger partial charge in [0.05, 0.1) is 0 Å². The third-order valence-corrected chi connectivity index (χ3v) is 11.1. The van der Waals surface area contributed by atoms with E-state index in [1.54, 1.807) is 0 Å². The van der Waals surface area contributed by atoms with Crippen LogP contribution in [0.1, 0.15) is 180 Å². The van der Waals surface area contributed by atoms with E-state index in [2.05, 4.69) is 90.0 Å². The Morgan fingerprint density at radius 1 is 0.436 bits per heavy atom. The van der Waals surface area contributed by atoms with Gasteiger partial charge in [0, 0.05) is 0 Å². The smallest absolute Gasteiger partial charge is 0.0349 e. The summed E-state index contributed by atoms with van der Waals surface area (Å²) in [5.74, 6) is 11.1. The van der Waals surface area contributed by atoms with Gasteiger partial charge in [-0.2, -0.15) is 0 Å². The zero-order valence-corrected chi connectivity index (χ0v) is 29.8. The third-order valence-electron chi connectivity index (χ3n) is 11.1. The summed E-state index contributed by atoms with van der Waals surface area (Å²) < 4.78 is 0. The van der Waals surface area contributed by atoms with Gasteiger partial charge < -0.3 is 0 Å². The summed E-state index contributed by atoms with van der Waals surface area (Å²) in [6, 6.07) is 0. The van der Waals surface area contributed by atoms with Gasteiger partial charge in [-0.1, -0.05) is 148 Å².